The van der Waals surface area contributed by atoms with E-state index in [-0.39, 0.29) is 18.5 Å². The van der Waals surface area contributed by atoms with Gasteiger partial charge in [-0.3, -0.25) is 4.79 Å². The number of hydrogen-bond acceptors (Lipinski definition) is 4. The first kappa shape index (κ1) is 10.6. The van der Waals surface area contributed by atoms with Crippen LogP contribution in [0.5, 0.6) is 0 Å². The molecule has 0 aliphatic heterocycles. The lowest BCUT2D eigenvalue weighted by molar-refractivity contribution is -0.117. The van der Waals surface area contributed by atoms with Crippen LogP contribution < -0.4 is 11.1 Å². The number of nitrogens with two attached hydrogens (primary N) is 1. The average Bonchev–Trinajstić information content (AvgIpc) is 2.51. The van der Waals surface area contributed by atoms with E-state index in [9.17, 15) is 4.79 Å². The van der Waals surface area contributed by atoms with Crippen LogP contribution in [0.3, 0.4) is 0 Å². The van der Waals surface area contributed by atoms with Crippen LogP contribution in [0.4, 0.5) is 0 Å². The zero-order chi connectivity index (χ0) is 10.6. The Morgan fingerprint density at radius 1 is 1.71 bits per heavy atom. The quantitative estimate of drug-likeness (QED) is 0.662. The molecule has 1 aromatic rings. The van der Waals surface area contributed by atoms with Gasteiger partial charge in [0, 0.05) is 6.04 Å². The standard InChI is InChI=1S/C8H15N5O/c1-6(2)13-8(11-5-12-13)4-10-3-7(9)14/h5-6,10H,3-4H2,1-2H3,(H2,9,14). The minimum atomic E-state index is -0.374. The molecule has 0 atom stereocenters. The van der Waals surface area contributed by atoms with Crippen molar-refractivity contribution in [2.24, 2.45) is 5.73 Å². The summed E-state index contributed by atoms with van der Waals surface area (Å²) >= 11 is 0. The van der Waals surface area contributed by atoms with Gasteiger partial charge in [-0.25, -0.2) is 9.67 Å². The molecular weight excluding hydrogens is 182 g/mol. The largest absolute Gasteiger partial charge is 0.369 e. The van der Waals surface area contributed by atoms with E-state index < -0.39 is 0 Å². The summed E-state index contributed by atoms with van der Waals surface area (Å²) in [7, 11) is 0. The zero-order valence-corrected chi connectivity index (χ0v) is 8.40. The maximum Gasteiger partial charge on any atom is 0.231 e. The van der Waals surface area contributed by atoms with Gasteiger partial charge in [-0.05, 0) is 13.8 Å². The van der Waals surface area contributed by atoms with E-state index in [1.165, 1.54) is 6.33 Å². The minimum absolute atomic E-state index is 0.158. The molecule has 0 fully saturated rings. The third-order valence-corrected chi connectivity index (χ3v) is 1.72. The molecule has 0 bridgehead atoms. The van der Waals surface area contributed by atoms with Crippen molar-refractivity contribution in [2.75, 3.05) is 6.54 Å². The van der Waals surface area contributed by atoms with E-state index in [1.807, 2.05) is 13.8 Å². The Morgan fingerprint density at radius 3 is 3.00 bits per heavy atom. The van der Waals surface area contributed by atoms with Gasteiger partial charge in [-0.1, -0.05) is 0 Å². The second-order valence-corrected chi connectivity index (χ2v) is 3.28. The lowest BCUT2D eigenvalue weighted by Gasteiger charge is -2.09. The summed E-state index contributed by atoms with van der Waals surface area (Å²) in [5.41, 5.74) is 4.99. The Hall–Kier alpha value is -1.43. The van der Waals surface area contributed by atoms with E-state index >= 15 is 0 Å². The predicted molar refractivity (Wildman–Crippen MR) is 51.3 cm³/mol. The van der Waals surface area contributed by atoms with Gasteiger partial charge in [0.25, 0.3) is 0 Å². The first-order valence-electron chi connectivity index (χ1n) is 4.48. The molecule has 0 aliphatic rings. The van der Waals surface area contributed by atoms with Crippen LogP contribution in [0.1, 0.15) is 25.7 Å². The Kier molecular flexibility index (Phi) is 3.58. The fraction of sp³-hybridized carbons (Fsp3) is 0.625. The highest BCUT2D eigenvalue weighted by Gasteiger charge is 2.06. The van der Waals surface area contributed by atoms with Crippen molar-refractivity contribution in [3.8, 4) is 0 Å². The number of nitrogens with one attached hydrogen (secondary N) is 1. The molecule has 1 aromatic heterocycles. The summed E-state index contributed by atoms with van der Waals surface area (Å²) in [6, 6.07) is 0.267. The number of hydrogen-bond donors (Lipinski definition) is 2. The normalized spacial score (nSPS) is 10.8. The maximum atomic E-state index is 10.5. The molecule has 78 valence electrons. The molecule has 0 spiro atoms. The van der Waals surface area contributed by atoms with Crippen LogP contribution >= 0.6 is 0 Å². The molecule has 3 N–H and O–H groups in total. The van der Waals surface area contributed by atoms with Gasteiger partial charge in [0.15, 0.2) is 0 Å². The predicted octanol–water partition coefficient (Wildman–Crippen LogP) is -0.566. The van der Waals surface area contributed by atoms with Gasteiger partial charge in [0.05, 0.1) is 13.1 Å². The highest BCUT2D eigenvalue weighted by Crippen LogP contribution is 2.04. The van der Waals surface area contributed by atoms with Crippen LogP contribution in [-0.4, -0.2) is 27.2 Å². The van der Waals surface area contributed by atoms with E-state index in [0.29, 0.717) is 6.54 Å². The van der Waals surface area contributed by atoms with Crippen LogP contribution in [0, 0.1) is 0 Å². The fourth-order valence-corrected chi connectivity index (χ4v) is 1.13. The number of rotatable bonds is 5. The van der Waals surface area contributed by atoms with E-state index in [1.54, 1.807) is 4.68 Å². The third-order valence-electron chi connectivity index (χ3n) is 1.72. The number of nitrogens with zero attached hydrogens (tertiary/aromatic N) is 3. The smallest absolute Gasteiger partial charge is 0.231 e. The molecule has 0 saturated carbocycles. The van der Waals surface area contributed by atoms with Gasteiger partial charge >= 0.3 is 0 Å². The second-order valence-electron chi connectivity index (χ2n) is 3.28. The van der Waals surface area contributed by atoms with Crippen molar-refractivity contribution in [1.29, 1.82) is 0 Å². The summed E-state index contributed by atoms with van der Waals surface area (Å²) < 4.78 is 1.80. The highest BCUT2D eigenvalue weighted by molar-refractivity contribution is 5.75. The number of aromatic nitrogens is 3. The van der Waals surface area contributed by atoms with Gasteiger partial charge in [-0.2, -0.15) is 5.10 Å². The van der Waals surface area contributed by atoms with Gasteiger partial charge in [-0.15, -0.1) is 0 Å². The molecule has 6 nitrogen and oxygen atoms in total. The van der Waals surface area contributed by atoms with Crippen molar-refractivity contribution in [2.45, 2.75) is 26.4 Å². The fourth-order valence-electron chi connectivity index (χ4n) is 1.13. The Bertz CT molecular complexity index is 306. The third kappa shape index (κ3) is 2.81. The van der Waals surface area contributed by atoms with Gasteiger partial charge < -0.3 is 11.1 Å². The van der Waals surface area contributed by atoms with Crippen LogP contribution in [0.15, 0.2) is 6.33 Å². The van der Waals surface area contributed by atoms with Crippen LogP contribution in [-0.2, 0) is 11.3 Å². The SMILES string of the molecule is CC(C)n1ncnc1CNCC(N)=O. The lowest BCUT2D eigenvalue weighted by Crippen LogP contribution is -2.29. The summed E-state index contributed by atoms with van der Waals surface area (Å²) in [5, 5.41) is 6.95. The molecule has 0 radical (unpaired) electrons. The summed E-state index contributed by atoms with van der Waals surface area (Å²) in [4.78, 5) is 14.5. The second kappa shape index (κ2) is 4.71. The number of carbonyl (C=O) groups is 1. The minimum Gasteiger partial charge on any atom is -0.369 e. The molecular formula is C8H15N5O. The van der Waals surface area contributed by atoms with E-state index in [0.717, 1.165) is 5.82 Å². The van der Waals surface area contributed by atoms with Crippen LogP contribution in [0.25, 0.3) is 0 Å². The zero-order valence-electron chi connectivity index (χ0n) is 8.40. The molecule has 0 aliphatic carbocycles. The summed E-state index contributed by atoms with van der Waals surface area (Å²) in [6.07, 6.45) is 1.50. The van der Waals surface area contributed by atoms with E-state index in [4.69, 9.17) is 5.73 Å². The van der Waals surface area contributed by atoms with Crippen LogP contribution in [0.2, 0.25) is 0 Å². The number of amides is 1. The topological polar surface area (TPSA) is 85.8 Å². The van der Waals surface area contributed by atoms with Crippen molar-refractivity contribution < 1.29 is 4.79 Å². The van der Waals surface area contributed by atoms with Gasteiger partial charge in [0.2, 0.25) is 5.91 Å². The number of primary amides is 1. The molecule has 6 heteroatoms. The van der Waals surface area contributed by atoms with Crippen molar-refractivity contribution >= 4 is 5.91 Å². The molecule has 14 heavy (non-hydrogen) atoms. The Balaban J connectivity index is 2.50. The average molecular weight is 197 g/mol. The Labute approximate surface area is 82.5 Å². The molecule has 0 saturated heterocycles. The summed E-state index contributed by atoms with van der Waals surface area (Å²) in [6.45, 7) is 4.70. The monoisotopic (exact) mass is 197 g/mol. The lowest BCUT2D eigenvalue weighted by atomic mass is 10.4. The van der Waals surface area contributed by atoms with Crippen molar-refractivity contribution in [1.82, 2.24) is 20.1 Å². The Morgan fingerprint density at radius 2 is 2.43 bits per heavy atom. The van der Waals surface area contributed by atoms with Gasteiger partial charge in [0.1, 0.15) is 12.2 Å². The van der Waals surface area contributed by atoms with Crippen molar-refractivity contribution in [3.63, 3.8) is 0 Å². The molecule has 0 unspecified atom stereocenters. The van der Waals surface area contributed by atoms with E-state index in [2.05, 4.69) is 15.4 Å². The number of carbonyl (C=O) groups excluding carboxylic acids is 1. The molecule has 1 amide bonds. The molecule has 1 heterocycles. The first-order valence-corrected chi connectivity index (χ1v) is 4.48. The maximum absolute atomic E-state index is 10.5. The van der Waals surface area contributed by atoms with Crippen molar-refractivity contribution in [3.05, 3.63) is 12.2 Å². The highest BCUT2D eigenvalue weighted by atomic mass is 16.1. The summed E-state index contributed by atoms with van der Waals surface area (Å²) in [5.74, 6) is 0.432. The molecule has 1 rings (SSSR count). The first-order chi connectivity index (χ1) is 6.61. The molecule has 0 aromatic carbocycles.